The minimum Gasteiger partial charge on any atom is -0.462 e. The molecule has 0 spiro atoms. The van der Waals surface area contributed by atoms with Gasteiger partial charge in [0.2, 0.25) is 0 Å². The van der Waals surface area contributed by atoms with Crippen LogP contribution < -0.4 is 0 Å². The predicted molar refractivity (Wildman–Crippen MR) is 127 cm³/mol. The Morgan fingerprint density at radius 1 is 0.765 bits per heavy atom. The van der Waals surface area contributed by atoms with Gasteiger partial charge >= 0.3 is 19.8 Å². The zero-order chi connectivity index (χ0) is 25.7. The molecular formula is C23H45O10P. The molecule has 0 amide bonds. The summed E-state index contributed by atoms with van der Waals surface area (Å²) in [5.41, 5.74) is 0. The number of hydrogen-bond acceptors (Lipinski definition) is 9. The number of rotatable bonds is 23. The van der Waals surface area contributed by atoms with Gasteiger partial charge in [0.15, 0.2) is 6.10 Å². The van der Waals surface area contributed by atoms with Crippen molar-refractivity contribution in [3.05, 3.63) is 0 Å². The molecule has 1 unspecified atom stereocenters. The van der Waals surface area contributed by atoms with Crippen molar-refractivity contribution in [2.24, 2.45) is 0 Å². The number of carbonyl (C=O) groups excluding carboxylic acids is 2. The lowest BCUT2D eigenvalue weighted by Crippen LogP contribution is -2.29. The number of phosphoric acid groups is 1. The van der Waals surface area contributed by atoms with Crippen LogP contribution in [0.25, 0.3) is 0 Å². The smallest absolute Gasteiger partial charge is 0.462 e. The van der Waals surface area contributed by atoms with E-state index in [1.807, 2.05) is 6.92 Å². The summed E-state index contributed by atoms with van der Waals surface area (Å²) < 4.78 is 31.6. The Bertz CT molecular complexity index is 572. The van der Waals surface area contributed by atoms with E-state index in [4.69, 9.17) is 19.1 Å². The predicted octanol–water partition coefficient (Wildman–Crippen LogP) is 4.04. The molecule has 3 atom stereocenters. The molecule has 34 heavy (non-hydrogen) atoms. The highest BCUT2D eigenvalue weighted by atomic mass is 31.2. The SMILES string of the molecule is CCCCCCCCCCCCC(=O)O[C@H](COC(=O)CCC)COP(=O)(O)OC[C@@H](O)CO. The van der Waals surface area contributed by atoms with Crippen molar-refractivity contribution in [3.8, 4) is 0 Å². The van der Waals surface area contributed by atoms with Crippen molar-refractivity contribution in [1.82, 2.24) is 0 Å². The Balaban J connectivity index is 4.35. The van der Waals surface area contributed by atoms with Crippen LogP contribution >= 0.6 is 7.82 Å². The lowest BCUT2D eigenvalue weighted by molar-refractivity contribution is -0.161. The van der Waals surface area contributed by atoms with Gasteiger partial charge in [0.05, 0.1) is 19.8 Å². The van der Waals surface area contributed by atoms with E-state index in [9.17, 15) is 24.2 Å². The first-order valence-corrected chi connectivity index (χ1v) is 14.0. The topological polar surface area (TPSA) is 149 Å². The van der Waals surface area contributed by atoms with Crippen molar-refractivity contribution in [2.75, 3.05) is 26.4 Å². The second-order valence-corrected chi connectivity index (χ2v) is 9.83. The molecule has 0 radical (unpaired) electrons. The van der Waals surface area contributed by atoms with Crippen LogP contribution in [-0.2, 0) is 32.7 Å². The van der Waals surface area contributed by atoms with Gasteiger partial charge in [-0.3, -0.25) is 18.6 Å². The molecule has 0 aliphatic heterocycles. The highest BCUT2D eigenvalue weighted by molar-refractivity contribution is 7.47. The maximum atomic E-state index is 12.2. The van der Waals surface area contributed by atoms with Gasteiger partial charge in [0.1, 0.15) is 12.7 Å². The van der Waals surface area contributed by atoms with E-state index in [1.54, 1.807) is 0 Å². The zero-order valence-electron chi connectivity index (χ0n) is 20.8. The first kappa shape index (κ1) is 33.0. The molecule has 0 heterocycles. The number of carbonyl (C=O) groups is 2. The Hall–Kier alpha value is -1.03. The third-order valence-corrected chi connectivity index (χ3v) is 5.93. The third kappa shape index (κ3) is 20.4. The first-order chi connectivity index (χ1) is 16.2. The van der Waals surface area contributed by atoms with Crippen molar-refractivity contribution in [2.45, 2.75) is 110 Å². The van der Waals surface area contributed by atoms with Gasteiger partial charge in [-0.2, -0.15) is 0 Å². The highest BCUT2D eigenvalue weighted by Gasteiger charge is 2.27. The Labute approximate surface area is 203 Å². The Morgan fingerprint density at radius 2 is 1.32 bits per heavy atom. The fraction of sp³-hybridized carbons (Fsp3) is 0.913. The number of aliphatic hydroxyl groups is 2. The van der Waals surface area contributed by atoms with E-state index in [1.165, 1.54) is 38.5 Å². The third-order valence-electron chi connectivity index (χ3n) is 4.98. The van der Waals surface area contributed by atoms with E-state index in [0.29, 0.717) is 12.8 Å². The van der Waals surface area contributed by atoms with Crippen LogP contribution in [-0.4, -0.2) is 65.7 Å². The minimum atomic E-state index is -4.57. The van der Waals surface area contributed by atoms with Crippen LogP contribution in [0.15, 0.2) is 0 Å². The molecule has 0 aliphatic rings. The Kier molecular flexibility index (Phi) is 20.6. The van der Waals surface area contributed by atoms with Crippen LogP contribution in [0, 0.1) is 0 Å². The Morgan fingerprint density at radius 3 is 1.88 bits per heavy atom. The van der Waals surface area contributed by atoms with Crippen LogP contribution in [0.4, 0.5) is 0 Å². The van der Waals surface area contributed by atoms with E-state index in [0.717, 1.165) is 19.3 Å². The van der Waals surface area contributed by atoms with Crippen molar-refractivity contribution in [3.63, 3.8) is 0 Å². The largest absolute Gasteiger partial charge is 0.472 e. The van der Waals surface area contributed by atoms with E-state index in [-0.39, 0.29) is 19.4 Å². The van der Waals surface area contributed by atoms with E-state index in [2.05, 4.69) is 11.4 Å². The van der Waals surface area contributed by atoms with Gasteiger partial charge in [0.25, 0.3) is 0 Å². The summed E-state index contributed by atoms with van der Waals surface area (Å²) >= 11 is 0. The maximum absolute atomic E-state index is 12.2. The number of phosphoric ester groups is 1. The van der Waals surface area contributed by atoms with Gasteiger partial charge in [-0.25, -0.2) is 4.57 Å². The lowest BCUT2D eigenvalue weighted by Gasteiger charge is -2.20. The molecule has 0 fully saturated rings. The van der Waals surface area contributed by atoms with Gasteiger partial charge < -0.3 is 24.6 Å². The van der Waals surface area contributed by atoms with Crippen LogP contribution in [0.2, 0.25) is 0 Å². The number of esters is 2. The molecule has 3 N–H and O–H groups in total. The molecule has 10 nitrogen and oxygen atoms in total. The molecule has 0 bridgehead atoms. The van der Waals surface area contributed by atoms with E-state index < -0.39 is 51.8 Å². The molecule has 0 aromatic rings. The quantitative estimate of drug-likeness (QED) is 0.104. The summed E-state index contributed by atoms with van der Waals surface area (Å²) in [6.07, 6.45) is 9.87. The fourth-order valence-electron chi connectivity index (χ4n) is 3.03. The van der Waals surface area contributed by atoms with Crippen molar-refractivity contribution >= 4 is 19.8 Å². The monoisotopic (exact) mass is 512 g/mol. The minimum absolute atomic E-state index is 0.186. The molecule has 202 valence electrons. The van der Waals surface area contributed by atoms with Crippen molar-refractivity contribution < 1.29 is 47.8 Å². The summed E-state index contributed by atoms with van der Waals surface area (Å²) in [7, 11) is -4.57. The summed E-state index contributed by atoms with van der Waals surface area (Å²) in [4.78, 5) is 33.5. The molecule has 11 heteroatoms. The molecule has 0 aliphatic carbocycles. The van der Waals surface area contributed by atoms with Crippen LogP contribution in [0.5, 0.6) is 0 Å². The molecule has 0 aromatic carbocycles. The molecule has 0 saturated carbocycles. The molecule has 0 saturated heterocycles. The van der Waals surface area contributed by atoms with Crippen molar-refractivity contribution in [1.29, 1.82) is 0 Å². The van der Waals surface area contributed by atoms with Crippen LogP contribution in [0.3, 0.4) is 0 Å². The average Bonchev–Trinajstić information content (AvgIpc) is 2.80. The lowest BCUT2D eigenvalue weighted by atomic mass is 10.1. The van der Waals surface area contributed by atoms with E-state index >= 15 is 0 Å². The molecule has 0 rings (SSSR count). The van der Waals surface area contributed by atoms with Gasteiger partial charge in [-0.15, -0.1) is 0 Å². The zero-order valence-corrected chi connectivity index (χ0v) is 21.7. The van der Waals surface area contributed by atoms with Gasteiger partial charge in [-0.05, 0) is 12.8 Å². The summed E-state index contributed by atoms with van der Waals surface area (Å²) in [5.74, 6) is -0.989. The standard InChI is InChI=1S/C23H45O10P/c1-3-5-6-7-8-9-10-11-12-13-15-23(27)33-21(18-30-22(26)14-4-2)19-32-34(28,29)31-17-20(25)16-24/h20-21,24-25H,3-19H2,1-2H3,(H,28,29)/t20-,21+/m0/s1. The molecular weight excluding hydrogens is 467 g/mol. The maximum Gasteiger partial charge on any atom is 0.472 e. The average molecular weight is 513 g/mol. The molecule has 0 aromatic heterocycles. The number of unbranched alkanes of at least 4 members (excludes halogenated alkanes) is 9. The number of ether oxygens (including phenoxy) is 2. The first-order valence-electron chi connectivity index (χ1n) is 12.5. The highest BCUT2D eigenvalue weighted by Crippen LogP contribution is 2.43. The second-order valence-electron chi connectivity index (χ2n) is 8.37. The summed E-state index contributed by atoms with van der Waals surface area (Å²) in [5, 5.41) is 18.0. The normalized spacial score (nSPS) is 14.9. The fourth-order valence-corrected chi connectivity index (χ4v) is 3.82. The van der Waals surface area contributed by atoms with Gasteiger partial charge in [0, 0.05) is 12.8 Å². The number of hydrogen-bond donors (Lipinski definition) is 3. The number of aliphatic hydroxyl groups excluding tert-OH is 2. The summed E-state index contributed by atoms with van der Waals surface area (Å²) in [6, 6.07) is 0. The second kappa shape index (κ2) is 21.3. The van der Waals surface area contributed by atoms with Gasteiger partial charge in [-0.1, -0.05) is 71.6 Å². The summed E-state index contributed by atoms with van der Waals surface area (Å²) in [6.45, 7) is 1.90. The van der Waals surface area contributed by atoms with Crippen LogP contribution in [0.1, 0.15) is 97.3 Å².